The molecule has 0 spiro atoms. The smallest absolute Gasteiger partial charge is 0.341 e. The molecule has 0 saturated heterocycles. The maximum absolute atomic E-state index is 12.3. The van der Waals surface area contributed by atoms with Gasteiger partial charge in [0, 0.05) is 24.9 Å². The predicted octanol–water partition coefficient (Wildman–Crippen LogP) is 3.05. The van der Waals surface area contributed by atoms with Gasteiger partial charge >= 0.3 is 5.97 Å². The molecule has 2 N–H and O–H groups in total. The third-order valence-corrected chi connectivity index (χ3v) is 4.02. The van der Waals surface area contributed by atoms with E-state index in [1.807, 2.05) is 32.0 Å². The Morgan fingerprint density at radius 1 is 1.04 bits per heavy atom. The second kappa shape index (κ2) is 9.52. The summed E-state index contributed by atoms with van der Waals surface area (Å²) in [5.74, 6) is -0.891. The highest BCUT2D eigenvalue weighted by atomic mass is 16.5. The highest BCUT2D eigenvalue weighted by Gasteiger charge is 2.12. The summed E-state index contributed by atoms with van der Waals surface area (Å²) < 4.78 is 5.11. The molecular weight excluding hydrogens is 346 g/mol. The maximum atomic E-state index is 12.3. The summed E-state index contributed by atoms with van der Waals surface area (Å²) in [5.41, 5.74) is 3.36. The number of rotatable bonds is 9. The van der Waals surface area contributed by atoms with Gasteiger partial charge in [0.15, 0.2) is 12.4 Å². The number of ether oxygens (including phenoxy) is 1. The van der Waals surface area contributed by atoms with Gasteiger partial charge in [-0.25, -0.2) is 4.79 Å². The Bertz CT molecular complexity index is 844. The first-order chi connectivity index (χ1) is 12.8. The number of carbonyl (C=O) groups is 3. The molecule has 0 unspecified atom stereocenters. The predicted molar refractivity (Wildman–Crippen MR) is 101 cm³/mol. The summed E-state index contributed by atoms with van der Waals surface area (Å²) >= 11 is 0. The van der Waals surface area contributed by atoms with Crippen LogP contribution in [0.25, 0.3) is 0 Å². The van der Waals surface area contributed by atoms with E-state index in [4.69, 9.17) is 9.84 Å². The van der Waals surface area contributed by atoms with Gasteiger partial charge in [-0.2, -0.15) is 0 Å². The molecule has 0 atom stereocenters. The molecule has 2 aromatic rings. The summed E-state index contributed by atoms with van der Waals surface area (Å²) in [6.45, 7) is 3.67. The first-order valence-corrected chi connectivity index (χ1v) is 8.66. The minimum Gasteiger partial charge on any atom is -0.482 e. The van der Waals surface area contributed by atoms with Crippen LogP contribution in [0.15, 0.2) is 42.5 Å². The fourth-order valence-corrected chi connectivity index (χ4v) is 2.58. The largest absolute Gasteiger partial charge is 0.482 e. The van der Waals surface area contributed by atoms with E-state index in [0.717, 1.165) is 16.7 Å². The first kappa shape index (κ1) is 20.2. The van der Waals surface area contributed by atoms with Crippen molar-refractivity contribution in [3.8, 4) is 5.75 Å². The summed E-state index contributed by atoms with van der Waals surface area (Å²) in [5, 5.41) is 11.4. The van der Waals surface area contributed by atoms with Gasteiger partial charge in [-0.3, -0.25) is 9.59 Å². The van der Waals surface area contributed by atoms with Crippen molar-refractivity contribution < 1.29 is 24.2 Å². The Balaban J connectivity index is 1.82. The Morgan fingerprint density at radius 2 is 1.81 bits per heavy atom. The van der Waals surface area contributed by atoms with Gasteiger partial charge in [-0.05, 0) is 43.2 Å². The Kier molecular flexibility index (Phi) is 7.11. The van der Waals surface area contributed by atoms with Gasteiger partial charge in [-0.15, -0.1) is 0 Å². The molecule has 0 fully saturated rings. The van der Waals surface area contributed by atoms with Gasteiger partial charge in [-0.1, -0.05) is 29.8 Å². The van der Waals surface area contributed by atoms with Crippen molar-refractivity contribution in [1.29, 1.82) is 0 Å². The lowest BCUT2D eigenvalue weighted by molar-refractivity contribution is -0.139. The number of benzene rings is 2. The molecule has 0 aliphatic rings. The number of amides is 1. The zero-order valence-corrected chi connectivity index (χ0v) is 15.5. The van der Waals surface area contributed by atoms with Gasteiger partial charge in [0.05, 0.1) is 0 Å². The second-order valence-corrected chi connectivity index (χ2v) is 6.35. The number of aliphatic carboxylic acids is 1. The van der Waals surface area contributed by atoms with Crippen molar-refractivity contribution >= 4 is 17.7 Å². The molecule has 27 heavy (non-hydrogen) atoms. The minimum atomic E-state index is -1.05. The summed E-state index contributed by atoms with van der Waals surface area (Å²) in [7, 11) is 0. The zero-order chi connectivity index (χ0) is 19.8. The lowest BCUT2D eigenvalue weighted by Gasteiger charge is -2.09. The van der Waals surface area contributed by atoms with Crippen LogP contribution in [0.1, 0.15) is 39.9 Å². The summed E-state index contributed by atoms with van der Waals surface area (Å²) in [6, 6.07) is 12.5. The number of ketones is 1. The number of aryl methyl sites for hydroxylation is 2. The van der Waals surface area contributed by atoms with E-state index in [0.29, 0.717) is 11.3 Å². The molecule has 0 bridgehead atoms. The van der Waals surface area contributed by atoms with Crippen LogP contribution in [-0.2, 0) is 16.1 Å². The van der Waals surface area contributed by atoms with E-state index in [1.54, 1.807) is 24.3 Å². The SMILES string of the molecule is Cc1ccc(C)c(C(=O)CCC(=O)NCc2cccc(OCC(=O)O)c2)c1. The molecule has 6 nitrogen and oxygen atoms in total. The van der Waals surface area contributed by atoms with Gasteiger partial charge < -0.3 is 15.2 Å². The van der Waals surface area contributed by atoms with Crippen LogP contribution < -0.4 is 10.1 Å². The second-order valence-electron chi connectivity index (χ2n) is 6.35. The number of carboxylic acids is 1. The first-order valence-electron chi connectivity index (χ1n) is 8.66. The number of Topliss-reactive ketones (excluding diaryl/α,β-unsaturated/α-hetero) is 1. The van der Waals surface area contributed by atoms with Crippen molar-refractivity contribution in [2.24, 2.45) is 0 Å². The van der Waals surface area contributed by atoms with Crippen molar-refractivity contribution in [3.63, 3.8) is 0 Å². The van der Waals surface area contributed by atoms with Crippen molar-refractivity contribution in [1.82, 2.24) is 5.32 Å². The minimum absolute atomic E-state index is 0.0459. The summed E-state index contributed by atoms with van der Waals surface area (Å²) in [4.78, 5) is 34.9. The molecule has 0 saturated carbocycles. The van der Waals surface area contributed by atoms with E-state index >= 15 is 0 Å². The number of carbonyl (C=O) groups excluding carboxylic acids is 2. The average Bonchev–Trinajstić information content (AvgIpc) is 2.65. The Hall–Kier alpha value is -3.15. The van der Waals surface area contributed by atoms with E-state index in [1.165, 1.54) is 0 Å². The third-order valence-electron chi connectivity index (χ3n) is 4.02. The third kappa shape index (κ3) is 6.58. The van der Waals surface area contributed by atoms with Crippen LogP contribution in [0.5, 0.6) is 5.75 Å². The van der Waals surface area contributed by atoms with Crippen LogP contribution in [0.4, 0.5) is 0 Å². The molecular formula is C21H23NO5. The molecule has 0 aliphatic heterocycles. The van der Waals surface area contributed by atoms with Gasteiger partial charge in [0.1, 0.15) is 5.75 Å². The van der Waals surface area contributed by atoms with Crippen LogP contribution >= 0.6 is 0 Å². The lowest BCUT2D eigenvalue weighted by atomic mass is 9.99. The normalized spacial score (nSPS) is 10.3. The summed E-state index contributed by atoms with van der Waals surface area (Å²) in [6.07, 6.45) is 0.263. The molecule has 0 aliphatic carbocycles. The van der Waals surface area contributed by atoms with Crippen LogP contribution in [-0.4, -0.2) is 29.4 Å². The standard InChI is InChI=1S/C21H23NO5/c1-14-6-7-15(2)18(10-14)19(23)8-9-20(24)22-12-16-4-3-5-17(11-16)27-13-21(25)26/h3-7,10-11H,8-9,12-13H2,1-2H3,(H,22,24)(H,25,26). The molecule has 2 aromatic carbocycles. The lowest BCUT2D eigenvalue weighted by Crippen LogP contribution is -2.23. The number of carboxylic acid groups (broad SMARTS) is 1. The van der Waals surface area contributed by atoms with Crippen molar-refractivity contribution in [2.75, 3.05) is 6.61 Å². The molecule has 0 heterocycles. The molecule has 0 radical (unpaired) electrons. The average molecular weight is 369 g/mol. The topological polar surface area (TPSA) is 92.7 Å². The van der Waals surface area contributed by atoms with E-state index in [-0.39, 0.29) is 31.1 Å². The fourth-order valence-electron chi connectivity index (χ4n) is 2.58. The van der Waals surface area contributed by atoms with E-state index in [9.17, 15) is 14.4 Å². The fraction of sp³-hybridized carbons (Fsp3) is 0.286. The quantitative estimate of drug-likeness (QED) is 0.663. The van der Waals surface area contributed by atoms with Crippen LogP contribution in [0, 0.1) is 13.8 Å². The van der Waals surface area contributed by atoms with Crippen molar-refractivity contribution in [3.05, 3.63) is 64.7 Å². The van der Waals surface area contributed by atoms with E-state index in [2.05, 4.69) is 5.32 Å². The van der Waals surface area contributed by atoms with Gasteiger partial charge in [0.2, 0.25) is 5.91 Å². The number of nitrogens with one attached hydrogen (secondary N) is 1. The maximum Gasteiger partial charge on any atom is 0.341 e. The van der Waals surface area contributed by atoms with Crippen molar-refractivity contribution in [2.45, 2.75) is 33.2 Å². The molecule has 142 valence electrons. The molecule has 0 aromatic heterocycles. The molecule has 1 amide bonds. The highest BCUT2D eigenvalue weighted by molar-refractivity contribution is 5.99. The molecule has 6 heteroatoms. The van der Waals surface area contributed by atoms with Gasteiger partial charge in [0.25, 0.3) is 0 Å². The highest BCUT2D eigenvalue weighted by Crippen LogP contribution is 2.15. The molecule has 2 rings (SSSR count). The zero-order valence-electron chi connectivity index (χ0n) is 15.5. The van der Waals surface area contributed by atoms with Crippen LogP contribution in [0.2, 0.25) is 0 Å². The Morgan fingerprint density at radius 3 is 2.56 bits per heavy atom. The van der Waals surface area contributed by atoms with E-state index < -0.39 is 12.6 Å². The Labute approximate surface area is 158 Å². The number of hydrogen-bond acceptors (Lipinski definition) is 4. The number of hydrogen-bond donors (Lipinski definition) is 2. The van der Waals surface area contributed by atoms with Crippen LogP contribution in [0.3, 0.4) is 0 Å². The monoisotopic (exact) mass is 369 g/mol.